The molecule has 1 N–H and O–H groups in total. The van der Waals surface area contributed by atoms with Crippen LogP contribution in [0.3, 0.4) is 0 Å². The fourth-order valence-corrected chi connectivity index (χ4v) is 5.57. The van der Waals surface area contributed by atoms with Gasteiger partial charge in [0.05, 0.1) is 5.39 Å². The van der Waals surface area contributed by atoms with Gasteiger partial charge in [-0.25, -0.2) is 0 Å². The SMILES string of the molecule is CCC1CC2CC3c4oc5cccc(O)c5c4CCN(C2)C13. The van der Waals surface area contributed by atoms with E-state index in [9.17, 15) is 5.11 Å². The first-order valence-corrected chi connectivity index (χ1v) is 8.73. The van der Waals surface area contributed by atoms with Crippen molar-refractivity contribution in [2.45, 2.75) is 44.6 Å². The maximum Gasteiger partial charge on any atom is 0.138 e. The van der Waals surface area contributed by atoms with E-state index in [1.165, 1.54) is 37.1 Å². The molecule has 5 atom stereocenters. The lowest BCUT2D eigenvalue weighted by Gasteiger charge is -2.52. The van der Waals surface area contributed by atoms with E-state index in [2.05, 4.69) is 11.8 Å². The molecule has 22 heavy (non-hydrogen) atoms. The molecule has 2 saturated heterocycles. The molecule has 5 unspecified atom stereocenters. The molecule has 3 nitrogen and oxygen atoms in total. The van der Waals surface area contributed by atoms with Crippen LogP contribution in [0.15, 0.2) is 22.6 Å². The summed E-state index contributed by atoms with van der Waals surface area (Å²) >= 11 is 0. The summed E-state index contributed by atoms with van der Waals surface area (Å²) in [5.74, 6) is 3.73. The molecular formula is C19H23NO2. The molecule has 0 amide bonds. The molecule has 1 aromatic carbocycles. The molecule has 4 bridgehead atoms. The van der Waals surface area contributed by atoms with Crippen LogP contribution < -0.4 is 0 Å². The zero-order chi connectivity index (χ0) is 14.8. The summed E-state index contributed by atoms with van der Waals surface area (Å²) in [5.41, 5.74) is 2.15. The summed E-state index contributed by atoms with van der Waals surface area (Å²) < 4.78 is 6.30. The zero-order valence-corrected chi connectivity index (χ0v) is 13.1. The summed E-state index contributed by atoms with van der Waals surface area (Å²) in [6.07, 6.45) is 4.95. The number of phenols is 1. The molecule has 116 valence electrons. The Morgan fingerprint density at radius 2 is 2.23 bits per heavy atom. The number of furan rings is 1. The van der Waals surface area contributed by atoms with E-state index in [0.717, 1.165) is 35.8 Å². The van der Waals surface area contributed by atoms with Gasteiger partial charge in [-0.3, -0.25) is 4.90 Å². The number of hydrogen-bond donors (Lipinski definition) is 1. The average molecular weight is 297 g/mol. The van der Waals surface area contributed by atoms with Crippen molar-refractivity contribution < 1.29 is 9.52 Å². The molecule has 1 saturated carbocycles. The Labute approximate surface area is 130 Å². The Morgan fingerprint density at radius 1 is 1.32 bits per heavy atom. The number of rotatable bonds is 1. The standard InChI is InChI=1S/C19H23NO2/c1-2-12-8-11-9-14-18(12)20(10-11)7-6-13-17-15(21)4-3-5-16(17)22-19(13)14/h3-5,11-12,14,18,21H,2,6-10H2,1H3. The smallest absolute Gasteiger partial charge is 0.138 e. The predicted molar refractivity (Wildman–Crippen MR) is 86.2 cm³/mol. The molecule has 1 aliphatic carbocycles. The normalized spacial score (nSPS) is 36.3. The number of hydrogen-bond acceptors (Lipinski definition) is 3. The van der Waals surface area contributed by atoms with E-state index >= 15 is 0 Å². The first-order valence-electron chi connectivity index (χ1n) is 8.73. The van der Waals surface area contributed by atoms with Gasteiger partial charge in [-0.05, 0) is 43.2 Å². The van der Waals surface area contributed by atoms with Gasteiger partial charge in [-0.1, -0.05) is 19.4 Å². The summed E-state index contributed by atoms with van der Waals surface area (Å²) in [7, 11) is 0. The minimum Gasteiger partial charge on any atom is -0.507 e. The number of benzene rings is 1. The van der Waals surface area contributed by atoms with Gasteiger partial charge < -0.3 is 9.52 Å². The highest BCUT2D eigenvalue weighted by Gasteiger charge is 2.49. The third-order valence-corrected chi connectivity index (χ3v) is 6.37. The monoisotopic (exact) mass is 297 g/mol. The van der Waals surface area contributed by atoms with Crippen LogP contribution in [0.5, 0.6) is 5.75 Å². The predicted octanol–water partition coefficient (Wildman–Crippen LogP) is 3.90. The highest BCUT2D eigenvalue weighted by molar-refractivity contribution is 5.88. The molecule has 4 heterocycles. The molecule has 1 aromatic heterocycles. The van der Waals surface area contributed by atoms with Gasteiger partial charge in [0, 0.05) is 30.6 Å². The number of piperidine rings is 2. The van der Waals surface area contributed by atoms with Crippen LogP contribution in [-0.4, -0.2) is 29.1 Å². The van der Waals surface area contributed by atoms with E-state index in [0.29, 0.717) is 17.7 Å². The second kappa shape index (κ2) is 4.51. The Balaban J connectivity index is 1.71. The van der Waals surface area contributed by atoms with Crippen LogP contribution in [0, 0.1) is 11.8 Å². The molecule has 3 heteroatoms. The molecule has 0 radical (unpaired) electrons. The lowest BCUT2D eigenvalue weighted by atomic mass is 9.65. The number of nitrogens with zero attached hydrogens (tertiary/aromatic N) is 1. The van der Waals surface area contributed by atoms with E-state index in [1.54, 1.807) is 6.07 Å². The molecular weight excluding hydrogens is 274 g/mol. The minimum atomic E-state index is 0.381. The van der Waals surface area contributed by atoms with Crippen molar-refractivity contribution >= 4 is 11.0 Å². The molecule has 4 aliphatic rings. The first-order chi connectivity index (χ1) is 10.8. The maximum absolute atomic E-state index is 10.3. The number of fused-ring (bicyclic) bond motifs is 4. The van der Waals surface area contributed by atoms with Gasteiger partial charge >= 0.3 is 0 Å². The third-order valence-electron chi connectivity index (χ3n) is 6.37. The van der Waals surface area contributed by atoms with Gasteiger partial charge in [0.1, 0.15) is 17.1 Å². The van der Waals surface area contributed by atoms with Crippen LogP contribution in [0.2, 0.25) is 0 Å². The Kier molecular flexibility index (Phi) is 2.67. The highest BCUT2D eigenvalue weighted by atomic mass is 16.3. The quantitative estimate of drug-likeness (QED) is 0.867. The van der Waals surface area contributed by atoms with Gasteiger partial charge in [-0.2, -0.15) is 0 Å². The van der Waals surface area contributed by atoms with Crippen LogP contribution >= 0.6 is 0 Å². The second-order valence-electron chi connectivity index (χ2n) is 7.44. The second-order valence-corrected chi connectivity index (χ2v) is 7.44. The van der Waals surface area contributed by atoms with Crippen molar-refractivity contribution in [2.24, 2.45) is 11.8 Å². The van der Waals surface area contributed by atoms with Gasteiger partial charge in [0.25, 0.3) is 0 Å². The average Bonchev–Trinajstić information content (AvgIpc) is 2.88. The lowest BCUT2D eigenvalue weighted by Crippen LogP contribution is -2.56. The van der Waals surface area contributed by atoms with Crippen molar-refractivity contribution in [1.29, 1.82) is 0 Å². The summed E-state index contributed by atoms with van der Waals surface area (Å²) in [6, 6.07) is 6.32. The van der Waals surface area contributed by atoms with Crippen LogP contribution in [-0.2, 0) is 6.42 Å². The van der Waals surface area contributed by atoms with Crippen molar-refractivity contribution in [3.63, 3.8) is 0 Å². The van der Waals surface area contributed by atoms with E-state index in [4.69, 9.17) is 4.42 Å². The summed E-state index contributed by atoms with van der Waals surface area (Å²) in [6.45, 7) is 4.72. The van der Waals surface area contributed by atoms with Gasteiger partial charge in [-0.15, -0.1) is 0 Å². The summed E-state index contributed by atoms with van der Waals surface area (Å²) in [5, 5.41) is 11.3. The fraction of sp³-hybridized carbons (Fsp3) is 0.579. The number of aromatic hydroxyl groups is 1. The van der Waals surface area contributed by atoms with Crippen LogP contribution in [0.25, 0.3) is 11.0 Å². The highest BCUT2D eigenvalue weighted by Crippen LogP contribution is 2.52. The van der Waals surface area contributed by atoms with Crippen LogP contribution in [0.4, 0.5) is 0 Å². The Morgan fingerprint density at radius 3 is 3.09 bits per heavy atom. The van der Waals surface area contributed by atoms with Crippen molar-refractivity contribution in [1.82, 2.24) is 4.90 Å². The van der Waals surface area contributed by atoms with Crippen LogP contribution in [0.1, 0.15) is 43.4 Å². The zero-order valence-electron chi connectivity index (χ0n) is 13.1. The van der Waals surface area contributed by atoms with Gasteiger partial charge in [0.2, 0.25) is 0 Å². The first kappa shape index (κ1) is 13.0. The Bertz CT molecular complexity index is 734. The lowest BCUT2D eigenvalue weighted by molar-refractivity contribution is -0.0169. The van der Waals surface area contributed by atoms with E-state index < -0.39 is 0 Å². The van der Waals surface area contributed by atoms with E-state index in [-0.39, 0.29) is 0 Å². The van der Waals surface area contributed by atoms with Gasteiger partial charge in [0.15, 0.2) is 0 Å². The number of phenolic OH excluding ortho intramolecular Hbond substituents is 1. The van der Waals surface area contributed by atoms with Crippen molar-refractivity contribution in [3.05, 3.63) is 29.5 Å². The van der Waals surface area contributed by atoms with Crippen molar-refractivity contribution in [2.75, 3.05) is 13.1 Å². The Hall–Kier alpha value is -1.48. The fourth-order valence-electron chi connectivity index (χ4n) is 5.57. The van der Waals surface area contributed by atoms with E-state index in [1.807, 2.05) is 12.1 Å². The minimum absolute atomic E-state index is 0.381. The molecule has 6 rings (SSSR count). The molecule has 3 aliphatic heterocycles. The molecule has 3 fully saturated rings. The summed E-state index contributed by atoms with van der Waals surface area (Å²) in [4.78, 5) is 2.72. The molecule has 0 spiro atoms. The topological polar surface area (TPSA) is 36.6 Å². The van der Waals surface area contributed by atoms with Crippen molar-refractivity contribution in [3.8, 4) is 5.75 Å². The maximum atomic E-state index is 10.3. The molecule has 2 aromatic rings. The largest absolute Gasteiger partial charge is 0.507 e. The third kappa shape index (κ3) is 1.60.